The van der Waals surface area contributed by atoms with Gasteiger partial charge in [-0.3, -0.25) is 9.36 Å². The number of carbonyl (C=O) groups excluding carboxylic acids is 1. The second-order valence-electron chi connectivity index (χ2n) is 8.55. The Morgan fingerprint density at radius 1 is 1.22 bits per heavy atom. The summed E-state index contributed by atoms with van der Waals surface area (Å²) in [5, 5.41) is 0. The third-order valence-corrected chi connectivity index (χ3v) is 8.03. The lowest BCUT2D eigenvalue weighted by atomic mass is 9.96. The van der Waals surface area contributed by atoms with Crippen LogP contribution in [0.1, 0.15) is 44.9 Å². The number of rotatable bonds is 7. The molecule has 37 heavy (non-hydrogen) atoms. The van der Waals surface area contributed by atoms with Crippen molar-refractivity contribution in [3.8, 4) is 11.5 Å². The Kier molecular flexibility index (Phi) is 8.79. The van der Waals surface area contributed by atoms with Crippen molar-refractivity contribution in [2.24, 2.45) is 4.99 Å². The fourth-order valence-corrected chi connectivity index (χ4v) is 7.28. The molecule has 10 heteroatoms. The van der Waals surface area contributed by atoms with Gasteiger partial charge in [0.2, 0.25) is 0 Å². The third-order valence-electron chi connectivity index (χ3n) is 5.62. The van der Waals surface area contributed by atoms with E-state index >= 15 is 0 Å². The Balaban J connectivity index is 1.95. The van der Waals surface area contributed by atoms with Gasteiger partial charge in [0.15, 0.2) is 4.80 Å². The van der Waals surface area contributed by atoms with Crippen LogP contribution in [0, 0.1) is 7.14 Å². The Bertz CT molecular complexity index is 1560. The molecule has 0 aliphatic carbocycles. The molecular formula is C27H26I2N2O5S. The fourth-order valence-electron chi connectivity index (χ4n) is 4.13. The van der Waals surface area contributed by atoms with Gasteiger partial charge in [-0.15, -0.1) is 0 Å². The molecule has 0 N–H and O–H groups in total. The lowest BCUT2D eigenvalue weighted by Gasteiger charge is -2.25. The zero-order valence-corrected chi connectivity index (χ0v) is 26.1. The van der Waals surface area contributed by atoms with Crippen molar-refractivity contribution in [1.82, 2.24) is 4.57 Å². The number of esters is 1. The van der Waals surface area contributed by atoms with Crippen molar-refractivity contribution in [3.63, 3.8) is 0 Å². The highest BCUT2D eigenvalue weighted by atomic mass is 127. The van der Waals surface area contributed by atoms with E-state index < -0.39 is 12.0 Å². The number of nitrogens with zero attached hydrogens (tertiary/aromatic N) is 2. The predicted molar refractivity (Wildman–Crippen MR) is 161 cm³/mol. The molecule has 2 heterocycles. The van der Waals surface area contributed by atoms with Crippen molar-refractivity contribution in [3.05, 3.63) is 85.6 Å². The summed E-state index contributed by atoms with van der Waals surface area (Å²) in [6, 6.07) is 10.7. The molecule has 1 aromatic heterocycles. The summed E-state index contributed by atoms with van der Waals surface area (Å²) >= 11 is 5.76. The molecule has 0 radical (unpaired) electrons. The number of fused-ring (bicyclic) bond motifs is 1. The van der Waals surface area contributed by atoms with Crippen molar-refractivity contribution in [2.45, 2.75) is 39.8 Å². The molecule has 2 aromatic carbocycles. The minimum absolute atomic E-state index is 0.235. The van der Waals surface area contributed by atoms with Gasteiger partial charge < -0.3 is 14.2 Å². The van der Waals surface area contributed by atoms with E-state index in [0.29, 0.717) is 38.7 Å². The van der Waals surface area contributed by atoms with E-state index in [4.69, 9.17) is 14.2 Å². The number of carbonyl (C=O) groups is 1. The minimum atomic E-state index is -0.682. The van der Waals surface area contributed by atoms with Crippen LogP contribution in [-0.4, -0.2) is 30.4 Å². The molecule has 0 unspecified atom stereocenters. The van der Waals surface area contributed by atoms with Gasteiger partial charge in [0, 0.05) is 9.13 Å². The summed E-state index contributed by atoms with van der Waals surface area (Å²) < 4.78 is 20.8. The van der Waals surface area contributed by atoms with Gasteiger partial charge in [0.1, 0.15) is 11.5 Å². The predicted octanol–water partition coefficient (Wildman–Crippen LogP) is 4.80. The van der Waals surface area contributed by atoms with E-state index in [1.807, 2.05) is 49.4 Å². The molecule has 0 fully saturated rings. The van der Waals surface area contributed by atoms with Crippen LogP contribution >= 0.6 is 56.5 Å². The number of methoxy groups -OCH3 is 1. The minimum Gasteiger partial charge on any atom is -0.495 e. The van der Waals surface area contributed by atoms with Crippen LogP contribution in [0.2, 0.25) is 0 Å². The molecule has 3 aromatic rings. The number of hydrogen-bond donors (Lipinski definition) is 0. The number of allylic oxidation sites excluding steroid dienone is 1. The maximum absolute atomic E-state index is 13.9. The van der Waals surface area contributed by atoms with Crippen LogP contribution in [0.25, 0.3) is 6.08 Å². The van der Waals surface area contributed by atoms with Gasteiger partial charge >= 0.3 is 5.97 Å². The summed E-state index contributed by atoms with van der Waals surface area (Å²) in [5.41, 5.74) is 2.21. The molecule has 1 aliphatic rings. The van der Waals surface area contributed by atoms with Gasteiger partial charge in [-0.2, -0.15) is 0 Å². The molecule has 0 amide bonds. The maximum atomic E-state index is 13.9. The molecule has 0 saturated carbocycles. The summed E-state index contributed by atoms with van der Waals surface area (Å²) in [4.78, 5) is 32.3. The normalized spacial score (nSPS) is 15.5. The molecule has 0 bridgehead atoms. The Hall–Kier alpha value is -2.19. The summed E-state index contributed by atoms with van der Waals surface area (Å²) in [7, 11) is 1.62. The number of benzene rings is 2. The van der Waals surface area contributed by atoms with E-state index in [2.05, 4.69) is 50.2 Å². The van der Waals surface area contributed by atoms with Crippen molar-refractivity contribution in [2.75, 3.05) is 13.7 Å². The Morgan fingerprint density at radius 2 is 1.92 bits per heavy atom. The summed E-state index contributed by atoms with van der Waals surface area (Å²) in [6.07, 6.45) is 1.52. The van der Waals surface area contributed by atoms with Crippen LogP contribution in [0.4, 0.5) is 0 Å². The van der Waals surface area contributed by atoms with Gasteiger partial charge in [-0.25, -0.2) is 9.79 Å². The monoisotopic (exact) mass is 744 g/mol. The quantitative estimate of drug-likeness (QED) is 0.257. The first kappa shape index (κ1) is 27.8. The van der Waals surface area contributed by atoms with Gasteiger partial charge in [-0.05, 0) is 109 Å². The van der Waals surface area contributed by atoms with Gasteiger partial charge in [0.25, 0.3) is 5.56 Å². The standard InChI is InChI=1S/C27H26I2N2O5S/c1-6-35-19-9-7-16(8-10-19)23-22(26(33)36-14(2)3)15(4)30-27-31(23)25(32)21(37-27)12-17-11-18(28)13-20(29)24(17)34-5/h7-14,23H,6H2,1-5H3/b21-12+/t23-/m0/s1. The largest absolute Gasteiger partial charge is 0.495 e. The molecule has 7 nitrogen and oxygen atoms in total. The SMILES string of the molecule is CCOc1ccc([C@H]2C(C(=O)OC(C)C)=C(C)N=c3s/c(=C/c4cc(I)cc(I)c4OC)c(=O)n32)cc1. The van der Waals surface area contributed by atoms with Crippen LogP contribution in [-0.2, 0) is 9.53 Å². The molecule has 1 aliphatic heterocycles. The highest BCUT2D eigenvalue weighted by Gasteiger charge is 2.33. The van der Waals surface area contributed by atoms with E-state index in [1.54, 1.807) is 32.4 Å². The average molecular weight is 744 g/mol. The lowest BCUT2D eigenvalue weighted by molar-refractivity contribution is -0.143. The van der Waals surface area contributed by atoms with Gasteiger partial charge in [-0.1, -0.05) is 23.5 Å². The van der Waals surface area contributed by atoms with E-state index in [0.717, 1.165) is 18.3 Å². The first-order chi connectivity index (χ1) is 17.6. The number of aromatic nitrogens is 1. The van der Waals surface area contributed by atoms with Crippen LogP contribution in [0.3, 0.4) is 0 Å². The van der Waals surface area contributed by atoms with E-state index in [9.17, 15) is 9.59 Å². The van der Waals surface area contributed by atoms with Crippen molar-refractivity contribution in [1.29, 1.82) is 0 Å². The van der Waals surface area contributed by atoms with Crippen molar-refractivity contribution >= 4 is 68.6 Å². The highest BCUT2D eigenvalue weighted by molar-refractivity contribution is 14.1. The molecule has 4 rings (SSSR count). The zero-order chi connectivity index (χ0) is 26.9. The third kappa shape index (κ3) is 5.80. The van der Waals surface area contributed by atoms with E-state index in [1.165, 1.54) is 11.3 Å². The van der Waals surface area contributed by atoms with Crippen LogP contribution in [0.5, 0.6) is 11.5 Å². The smallest absolute Gasteiger partial charge is 0.338 e. The molecule has 194 valence electrons. The lowest BCUT2D eigenvalue weighted by Crippen LogP contribution is -2.40. The van der Waals surface area contributed by atoms with Crippen molar-refractivity contribution < 1.29 is 19.0 Å². The average Bonchev–Trinajstić information content (AvgIpc) is 3.12. The number of hydrogen-bond acceptors (Lipinski definition) is 7. The molecule has 0 spiro atoms. The fraction of sp³-hybridized carbons (Fsp3) is 0.296. The Morgan fingerprint density at radius 3 is 2.54 bits per heavy atom. The number of thiazole rings is 1. The van der Waals surface area contributed by atoms with Gasteiger partial charge in [0.05, 0.1) is 45.2 Å². The second kappa shape index (κ2) is 11.7. The van der Waals surface area contributed by atoms with Crippen LogP contribution < -0.4 is 24.4 Å². The number of halogens is 2. The molecular weight excluding hydrogens is 718 g/mol. The molecule has 0 saturated heterocycles. The highest BCUT2D eigenvalue weighted by Crippen LogP contribution is 2.32. The summed E-state index contributed by atoms with van der Waals surface area (Å²) in [6.45, 7) is 7.83. The van der Waals surface area contributed by atoms with E-state index in [-0.39, 0.29) is 11.7 Å². The topological polar surface area (TPSA) is 79.1 Å². The maximum Gasteiger partial charge on any atom is 0.338 e. The zero-order valence-electron chi connectivity index (χ0n) is 21.0. The van der Waals surface area contributed by atoms with Crippen LogP contribution in [0.15, 0.2) is 57.5 Å². The first-order valence-corrected chi connectivity index (χ1v) is 14.6. The first-order valence-electron chi connectivity index (χ1n) is 11.6. The second-order valence-corrected chi connectivity index (χ2v) is 12.0. The Labute approximate surface area is 246 Å². The number of ether oxygens (including phenoxy) is 3. The molecule has 1 atom stereocenters. The summed E-state index contributed by atoms with van der Waals surface area (Å²) in [5.74, 6) is 0.927.